The number of aromatic nitrogens is 2. The van der Waals surface area contributed by atoms with E-state index in [-0.39, 0.29) is 0 Å². The van der Waals surface area contributed by atoms with Crippen LogP contribution in [0.15, 0.2) is 12.5 Å². The fraction of sp³-hybridized carbons (Fsp3) is 0.625. The minimum Gasteiger partial charge on any atom is -0.337 e. The molecule has 0 fully saturated rings. The highest BCUT2D eigenvalue weighted by Gasteiger charge is 2.02. The van der Waals surface area contributed by atoms with Crippen molar-refractivity contribution >= 4 is 11.8 Å². The van der Waals surface area contributed by atoms with E-state index >= 15 is 0 Å². The van der Waals surface area contributed by atoms with Gasteiger partial charge in [-0.3, -0.25) is 0 Å². The number of imidazole rings is 1. The number of aryl methyl sites for hydroxylation is 1. The summed E-state index contributed by atoms with van der Waals surface area (Å²) in [5, 5.41) is 0.528. The van der Waals surface area contributed by atoms with Gasteiger partial charge >= 0.3 is 0 Å². The number of hydrogen-bond acceptors (Lipinski definition) is 3. The van der Waals surface area contributed by atoms with Gasteiger partial charge in [0.25, 0.3) is 0 Å². The Bertz CT molecular complexity index is 234. The molecular formula is C8H15N3S. The highest BCUT2D eigenvalue weighted by atomic mass is 32.2. The average molecular weight is 185 g/mol. The second-order valence-corrected chi connectivity index (χ2v) is 4.28. The lowest BCUT2D eigenvalue weighted by molar-refractivity contribution is 0.863. The molecule has 0 saturated heterocycles. The third kappa shape index (κ3) is 2.53. The van der Waals surface area contributed by atoms with Crippen LogP contribution < -0.4 is 5.73 Å². The maximum absolute atomic E-state index is 5.51. The molecule has 0 bridgehead atoms. The molecule has 1 atom stereocenters. The van der Waals surface area contributed by atoms with Crippen molar-refractivity contribution in [3.8, 4) is 0 Å². The number of thioether (sulfide) groups is 1. The molecule has 0 radical (unpaired) electrons. The van der Waals surface area contributed by atoms with E-state index < -0.39 is 0 Å². The molecule has 0 spiro atoms. The summed E-state index contributed by atoms with van der Waals surface area (Å²) in [5.74, 6) is 0.995. The Morgan fingerprint density at radius 1 is 1.75 bits per heavy atom. The Kier molecular flexibility index (Phi) is 3.62. The average Bonchev–Trinajstić information content (AvgIpc) is 2.47. The first-order chi connectivity index (χ1) is 5.74. The molecule has 2 N–H and O–H groups in total. The van der Waals surface area contributed by atoms with Crippen molar-refractivity contribution in [2.45, 2.75) is 17.9 Å². The lowest BCUT2D eigenvalue weighted by Crippen LogP contribution is -2.12. The SMILES string of the molecule is CC(CN)SCc1cncn1C. The quantitative estimate of drug-likeness (QED) is 0.761. The van der Waals surface area contributed by atoms with Gasteiger partial charge in [-0.25, -0.2) is 4.98 Å². The summed E-state index contributed by atoms with van der Waals surface area (Å²) in [5.41, 5.74) is 6.76. The summed E-state index contributed by atoms with van der Waals surface area (Å²) in [6.45, 7) is 2.88. The minimum atomic E-state index is 0.528. The van der Waals surface area contributed by atoms with Crippen LogP contribution in [0.5, 0.6) is 0 Å². The molecular weight excluding hydrogens is 170 g/mol. The van der Waals surface area contributed by atoms with Crippen molar-refractivity contribution in [3.05, 3.63) is 18.2 Å². The van der Waals surface area contributed by atoms with Crippen molar-refractivity contribution in [2.24, 2.45) is 12.8 Å². The summed E-state index contributed by atoms with van der Waals surface area (Å²) < 4.78 is 2.04. The van der Waals surface area contributed by atoms with E-state index in [4.69, 9.17) is 5.73 Å². The van der Waals surface area contributed by atoms with E-state index in [1.165, 1.54) is 5.69 Å². The van der Waals surface area contributed by atoms with Crippen molar-refractivity contribution in [3.63, 3.8) is 0 Å². The van der Waals surface area contributed by atoms with Gasteiger partial charge in [0.15, 0.2) is 0 Å². The summed E-state index contributed by atoms with van der Waals surface area (Å²) in [4.78, 5) is 4.04. The molecule has 0 aromatic carbocycles. The molecule has 0 aliphatic carbocycles. The maximum Gasteiger partial charge on any atom is 0.0945 e. The molecule has 0 amide bonds. The van der Waals surface area contributed by atoms with Gasteiger partial charge in [-0.2, -0.15) is 11.8 Å². The normalized spacial score (nSPS) is 13.2. The van der Waals surface area contributed by atoms with Crippen LogP contribution in [0, 0.1) is 0 Å². The summed E-state index contributed by atoms with van der Waals surface area (Å²) in [6.07, 6.45) is 3.72. The molecule has 1 rings (SSSR count). The number of hydrogen-bond donors (Lipinski definition) is 1. The third-order valence-corrected chi connectivity index (χ3v) is 2.99. The topological polar surface area (TPSA) is 43.8 Å². The van der Waals surface area contributed by atoms with Crippen LogP contribution in [0.1, 0.15) is 12.6 Å². The zero-order chi connectivity index (χ0) is 8.97. The smallest absolute Gasteiger partial charge is 0.0945 e. The predicted molar refractivity (Wildman–Crippen MR) is 53.0 cm³/mol. The van der Waals surface area contributed by atoms with Gasteiger partial charge in [-0.15, -0.1) is 0 Å². The second-order valence-electron chi connectivity index (χ2n) is 2.85. The van der Waals surface area contributed by atoms with E-state index in [0.29, 0.717) is 5.25 Å². The fourth-order valence-electron chi connectivity index (χ4n) is 0.819. The lowest BCUT2D eigenvalue weighted by Gasteiger charge is -2.07. The lowest BCUT2D eigenvalue weighted by atomic mass is 10.5. The molecule has 1 aromatic heterocycles. The predicted octanol–water partition coefficient (Wildman–Crippen LogP) is 1.00. The van der Waals surface area contributed by atoms with Gasteiger partial charge in [0.05, 0.1) is 6.33 Å². The van der Waals surface area contributed by atoms with Gasteiger partial charge < -0.3 is 10.3 Å². The molecule has 0 aliphatic heterocycles. The Balaban J connectivity index is 2.38. The monoisotopic (exact) mass is 185 g/mol. The molecule has 0 saturated carbocycles. The Labute approximate surface area is 77.4 Å². The Morgan fingerprint density at radius 2 is 2.50 bits per heavy atom. The first-order valence-electron chi connectivity index (χ1n) is 4.01. The van der Waals surface area contributed by atoms with E-state index in [1.54, 1.807) is 0 Å². The molecule has 1 aromatic rings. The standard InChI is InChI=1S/C8H15N3S/c1-7(3-9)12-5-8-4-10-6-11(8)2/h4,6-7H,3,5,9H2,1-2H3. The molecule has 3 nitrogen and oxygen atoms in total. The van der Waals surface area contributed by atoms with Crippen molar-refractivity contribution in [1.82, 2.24) is 9.55 Å². The highest BCUT2D eigenvalue weighted by molar-refractivity contribution is 7.99. The minimum absolute atomic E-state index is 0.528. The maximum atomic E-state index is 5.51. The molecule has 68 valence electrons. The number of nitrogens with two attached hydrogens (primary N) is 1. The molecule has 12 heavy (non-hydrogen) atoms. The second kappa shape index (κ2) is 4.52. The number of nitrogens with zero attached hydrogens (tertiary/aromatic N) is 2. The number of rotatable bonds is 4. The van der Waals surface area contributed by atoms with Crippen molar-refractivity contribution in [1.29, 1.82) is 0 Å². The third-order valence-electron chi connectivity index (χ3n) is 1.76. The van der Waals surface area contributed by atoms with Crippen LogP contribution in [0.3, 0.4) is 0 Å². The fourth-order valence-corrected chi connectivity index (χ4v) is 1.69. The van der Waals surface area contributed by atoms with E-state index in [0.717, 1.165) is 12.3 Å². The van der Waals surface area contributed by atoms with Gasteiger partial charge in [0.2, 0.25) is 0 Å². The van der Waals surface area contributed by atoms with Crippen LogP contribution in [0.4, 0.5) is 0 Å². The molecule has 1 heterocycles. The van der Waals surface area contributed by atoms with Gasteiger partial charge in [-0.1, -0.05) is 6.92 Å². The summed E-state index contributed by atoms with van der Waals surface area (Å²) in [6, 6.07) is 0. The molecule has 4 heteroatoms. The van der Waals surface area contributed by atoms with Crippen molar-refractivity contribution < 1.29 is 0 Å². The van der Waals surface area contributed by atoms with Gasteiger partial charge in [-0.05, 0) is 0 Å². The zero-order valence-corrected chi connectivity index (χ0v) is 8.34. The van der Waals surface area contributed by atoms with Crippen LogP contribution in [-0.4, -0.2) is 21.3 Å². The van der Waals surface area contributed by atoms with E-state index in [9.17, 15) is 0 Å². The highest BCUT2D eigenvalue weighted by Crippen LogP contribution is 2.15. The summed E-state index contributed by atoms with van der Waals surface area (Å²) >= 11 is 1.86. The zero-order valence-electron chi connectivity index (χ0n) is 7.53. The Morgan fingerprint density at radius 3 is 3.00 bits per heavy atom. The summed E-state index contributed by atoms with van der Waals surface area (Å²) in [7, 11) is 2.01. The van der Waals surface area contributed by atoms with Gasteiger partial charge in [0.1, 0.15) is 0 Å². The van der Waals surface area contributed by atoms with E-state index in [2.05, 4.69) is 11.9 Å². The first-order valence-corrected chi connectivity index (χ1v) is 5.05. The molecule has 1 unspecified atom stereocenters. The van der Waals surface area contributed by atoms with Crippen LogP contribution in [0.2, 0.25) is 0 Å². The molecule has 0 aliphatic rings. The van der Waals surface area contributed by atoms with Crippen LogP contribution in [-0.2, 0) is 12.8 Å². The van der Waals surface area contributed by atoms with Gasteiger partial charge in [0, 0.05) is 36.5 Å². The van der Waals surface area contributed by atoms with Crippen LogP contribution >= 0.6 is 11.8 Å². The van der Waals surface area contributed by atoms with Crippen molar-refractivity contribution in [2.75, 3.05) is 6.54 Å². The van der Waals surface area contributed by atoms with E-state index in [1.807, 2.05) is 35.9 Å². The Hall–Kier alpha value is -0.480. The van der Waals surface area contributed by atoms with Crippen LogP contribution in [0.25, 0.3) is 0 Å². The first kappa shape index (κ1) is 9.61. The largest absolute Gasteiger partial charge is 0.337 e.